The van der Waals surface area contributed by atoms with Gasteiger partial charge < -0.3 is 0 Å². The van der Waals surface area contributed by atoms with Gasteiger partial charge in [-0.25, -0.2) is 0 Å². The number of nitrogens with zero attached hydrogens (tertiary/aromatic N) is 3. The molecule has 0 N–H and O–H groups in total. The van der Waals surface area contributed by atoms with Crippen LogP contribution in [0.3, 0.4) is 0 Å². The third kappa shape index (κ3) is 2.98. The van der Waals surface area contributed by atoms with Gasteiger partial charge in [0.15, 0.2) is 0 Å². The van der Waals surface area contributed by atoms with Crippen molar-refractivity contribution in [2.75, 3.05) is 32.7 Å². The van der Waals surface area contributed by atoms with Crippen molar-refractivity contribution in [3.63, 3.8) is 0 Å². The summed E-state index contributed by atoms with van der Waals surface area (Å²) < 4.78 is 0. The molecule has 1 aromatic carbocycles. The van der Waals surface area contributed by atoms with Crippen molar-refractivity contribution in [1.82, 2.24) is 9.80 Å². The first kappa shape index (κ1) is 12.8. The summed E-state index contributed by atoms with van der Waals surface area (Å²) in [5.41, 5.74) is 1.09. The average Bonchev–Trinajstić information content (AvgIpc) is 2.43. The third-order valence-corrected chi connectivity index (χ3v) is 3.40. The molecule has 0 aromatic heterocycles. The van der Waals surface area contributed by atoms with Crippen molar-refractivity contribution in [2.45, 2.75) is 6.04 Å². The molecule has 1 fully saturated rings. The van der Waals surface area contributed by atoms with E-state index in [0.717, 1.165) is 38.3 Å². The molecule has 94 valence electrons. The van der Waals surface area contributed by atoms with Gasteiger partial charge in [0.2, 0.25) is 0 Å². The van der Waals surface area contributed by atoms with E-state index in [0.29, 0.717) is 0 Å². The van der Waals surface area contributed by atoms with E-state index in [9.17, 15) is 5.26 Å². The Labute approximate surface area is 109 Å². The molecule has 1 unspecified atom stereocenters. The van der Waals surface area contributed by atoms with Gasteiger partial charge in [-0.1, -0.05) is 36.4 Å². The van der Waals surface area contributed by atoms with Gasteiger partial charge in [0.1, 0.15) is 6.04 Å². The Hall–Kier alpha value is -1.63. The molecule has 18 heavy (non-hydrogen) atoms. The molecule has 1 heterocycles. The van der Waals surface area contributed by atoms with E-state index in [1.54, 1.807) is 0 Å². The normalized spacial score (nSPS) is 19.1. The van der Waals surface area contributed by atoms with E-state index >= 15 is 0 Å². The molecule has 3 nitrogen and oxygen atoms in total. The molecule has 0 bridgehead atoms. The van der Waals surface area contributed by atoms with Gasteiger partial charge in [-0.3, -0.25) is 9.80 Å². The molecule has 0 spiro atoms. The zero-order chi connectivity index (χ0) is 12.8. The first-order valence-corrected chi connectivity index (χ1v) is 6.37. The van der Waals surface area contributed by atoms with Crippen LogP contribution in [0.1, 0.15) is 11.6 Å². The van der Waals surface area contributed by atoms with E-state index in [1.807, 2.05) is 36.4 Å². The number of nitriles is 1. The highest BCUT2D eigenvalue weighted by Crippen LogP contribution is 2.21. The highest BCUT2D eigenvalue weighted by Gasteiger charge is 2.24. The van der Waals surface area contributed by atoms with Crippen LogP contribution in [0.25, 0.3) is 0 Å². The average molecular weight is 241 g/mol. The summed E-state index contributed by atoms with van der Waals surface area (Å²) in [6, 6.07) is 12.3. The predicted octanol–water partition coefficient (Wildman–Crippen LogP) is 2.05. The highest BCUT2D eigenvalue weighted by molar-refractivity contribution is 5.24. The maximum absolute atomic E-state index is 9.38. The van der Waals surface area contributed by atoms with Gasteiger partial charge in [0.25, 0.3) is 0 Å². The molecule has 1 atom stereocenters. The molecule has 0 saturated carbocycles. The van der Waals surface area contributed by atoms with E-state index in [1.165, 1.54) is 0 Å². The van der Waals surface area contributed by atoms with Crippen LogP contribution in [0.15, 0.2) is 43.0 Å². The van der Waals surface area contributed by atoms with E-state index in [-0.39, 0.29) is 6.04 Å². The Morgan fingerprint density at radius 1 is 1.22 bits per heavy atom. The van der Waals surface area contributed by atoms with Crippen molar-refractivity contribution >= 4 is 0 Å². The van der Waals surface area contributed by atoms with Crippen molar-refractivity contribution < 1.29 is 0 Å². The van der Waals surface area contributed by atoms with Crippen LogP contribution in [0, 0.1) is 11.3 Å². The maximum atomic E-state index is 9.38. The Balaban J connectivity index is 1.99. The summed E-state index contributed by atoms with van der Waals surface area (Å²) in [6.45, 7) is 8.62. The summed E-state index contributed by atoms with van der Waals surface area (Å²) in [5.74, 6) is 0. The van der Waals surface area contributed by atoms with Crippen LogP contribution in [0.2, 0.25) is 0 Å². The van der Waals surface area contributed by atoms with Crippen LogP contribution >= 0.6 is 0 Å². The number of rotatable bonds is 4. The number of benzene rings is 1. The van der Waals surface area contributed by atoms with Crippen LogP contribution in [-0.2, 0) is 0 Å². The van der Waals surface area contributed by atoms with E-state index < -0.39 is 0 Å². The van der Waals surface area contributed by atoms with Gasteiger partial charge in [-0.05, 0) is 5.56 Å². The van der Waals surface area contributed by atoms with Gasteiger partial charge in [-0.15, -0.1) is 6.58 Å². The molecular formula is C15H19N3. The Kier molecular flexibility index (Phi) is 4.52. The zero-order valence-corrected chi connectivity index (χ0v) is 10.6. The number of hydrogen-bond donors (Lipinski definition) is 0. The van der Waals surface area contributed by atoms with Gasteiger partial charge in [0, 0.05) is 32.7 Å². The fraction of sp³-hybridized carbons (Fsp3) is 0.400. The molecule has 3 heteroatoms. The second-order valence-corrected chi connectivity index (χ2v) is 4.57. The van der Waals surface area contributed by atoms with E-state index in [4.69, 9.17) is 0 Å². The van der Waals surface area contributed by atoms with Gasteiger partial charge >= 0.3 is 0 Å². The quantitative estimate of drug-likeness (QED) is 0.756. The number of piperazine rings is 1. The predicted molar refractivity (Wildman–Crippen MR) is 73.0 cm³/mol. The van der Waals surface area contributed by atoms with E-state index in [2.05, 4.69) is 22.4 Å². The topological polar surface area (TPSA) is 30.3 Å². The molecule has 1 aromatic rings. The summed E-state index contributed by atoms with van der Waals surface area (Å²) in [5, 5.41) is 9.38. The minimum Gasteiger partial charge on any atom is -0.297 e. The van der Waals surface area contributed by atoms with Crippen LogP contribution in [0.5, 0.6) is 0 Å². The smallest absolute Gasteiger partial charge is 0.123 e. The standard InChI is InChI=1S/C15H19N3/c1-2-8-17-9-11-18(12-10-17)15(13-16)14-6-4-3-5-7-14/h2-7,15H,1,8-12H2. The lowest BCUT2D eigenvalue weighted by Gasteiger charge is -2.36. The summed E-state index contributed by atoms with van der Waals surface area (Å²) >= 11 is 0. The fourth-order valence-corrected chi connectivity index (χ4v) is 2.39. The fourth-order valence-electron chi connectivity index (χ4n) is 2.39. The molecule has 2 rings (SSSR count). The summed E-state index contributed by atoms with van der Waals surface area (Å²) in [4.78, 5) is 4.62. The monoisotopic (exact) mass is 241 g/mol. The molecule has 1 aliphatic heterocycles. The lowest BCUT2D eigenvalue weighted by Crippen LogP contribution is -2.47. The zero-order valence-electron chi connectivity index (χ0n) is 10.6. The Bertz CT molecular complexity index is 413. The molecule has 1 aliphatic rings. The van der Waals surface area contributed by atoms with Crippen LogP contribution < -0.4 is 0 Å². The minimum absolute atomic E-state index is 0.114. The van der Waals surface area contributed by atoms with Crippen molar-refractivity contribution in [3.05, 3.63) is 48.6 Å². The molecule has 0 amide bonds. The largest absolute Gasteiger partial charge is 0.297 e. The SMILES string of the molecule is C=CCN1CCN(C(C#N)c2ccccc2)CC1. The second kappa shape index (κ2) is 6.34. The highest BCUT2D eigenvalue weighted by atomic mass is 15.3. The summed E-state index contributed by atoms with van der Waals surface area (Å²) in [7, 11) is 0. The molecule has 0 aliphatic carbocycles. The first-order valence-electron chi connectivity index (χ1n) is 6.37. The van der Waals surface area contributed by atoms with Crippen molar-refractivity contribution in [3.8, 4) is 6.07 Å². The lowest BCUT2D eigenvalue weighted by atomic mass is 10.1. The van der Waals surface area contributed by atoms with Crippen molar-refractivity contribution in [1.29, 1.82) is 5.26 Å². The minimum atomic E-state index is -0.114. The molecule has 0 radical (unpaired) electrons. The Morgan fingerprint density at radius 3 is 2.44 bits per heavy atom. The Morgan fingerprint density at radius 2 is 1.89 bits per heavy atom. The second-order valence-electron chi connectivity index (χ2n) is 4.57. The third-order valence-electron chi connectivity index (χ3n) is 3.40. The first-order chi connectivity index (χ1) is 8.85. The summed E-state index contributed by atoms with van der Waals surface area (Å²) in [6.07, 6.45) is 1.94. The lowest BCUT2D eigenvalue weighted by molar-refractivity contribution is 0.123. The van der Waals surface area contributed by atoms with Crippen LogP contribution in [0.4, 0.5) is 0 Å². The van der Waals surface area contributed by atoms with Crippen LogP contribution in [-0.4, -0.2) is 42.5 Å². The van der Waals surface area contributed by atoms with Gasteiger partial charge in [-0.2, -0.15) is 5.26 Å². The van der Waals surface area contributed by atoms with Crippen molar-refractivity contribution in [2.24, 2.45) is 0 Å². The molecular weight excluding hydrogens is 222 g/mol. The number of hydrogen-bond acceptors (Lipinski definition) is 3. The molecule has 1 saturated heterocycles. The van der Waals surface area contributed by atoms with Gasteiger partial charge in [0.05, 0.1) is 6.07 Å². The maximum Gasteiger partial charge on any atom is 0.123 e.